The van der Waals surface area contributed by atoms with Crippen LogP contribution in [0.5, 0.6) is 0 Å². The van der Waals surface area contributed by atoms with Crippen LogP contribution in [0.15, 0.2) is 0 Å². The van der Waals surface area contributed by atoms with Crippen LogP contribution in [0.25, 0.3) is 0 Å². The minimum Gasteiger partial charge on any atom is -0.346 e. The van der Waals surface area contributed by atoms with E-state index in [0.29, 0.717) is 5.92 Å². The Hall–Kier alpha value is -0.860. The van der Waals surface area contributed by atoms with Gasteiger partial charge in [-0.15, -0.1) is 0 Å². The third-order valence-electron chi connectivity index (χ3n) is 4.99. The second-order valence-electron chi connectivity index (χ2n) is 7.82. The molecule has 0 bridgehead atoms. The van der Waals surface area contributed by atoms with Crippen LogP contribution in [-0.2, 0) is 9.59 Å². The van der Waals surface area contributed by atoms with Gasteiger partial charge in [0.25, 0.3) is 0 Å². The molecule has 2 saturated carbocycles. The number of nitrogens with one attached hydrogen (secondary N) is 1. The number of amides is 1. The first kappa shape index (κ1) is 15.5. The van der Waals surface area contributed by atoms with Gasteiger partial charge < -0.3 is 5.32 Å². The van der Waals surface area contributed by atoms with Crippen molar-refractivity contribution in [2.45, 2.75) is 72.3 Å². The summed E-state index contributed by atoms with van der Waals surface area (Å²) in [6, 6.07) is -0.359. The quantitative estimate of drug-likeness (QED) is 0.858. The van der Waals surface area contributed by atoms with Gasteiger partial charge in [-0.2, -0.15) is 0 Å². The fraction of sp³-hybridized carbons (Fsp3) is 0.882. The number of carbonyl (C=O) groups is 2. The van der Waals surface area contributed by atoms with Crippen molar-refractivity contribution in [2.24, 2.45) is 23.2 Å². The maximum atomic E-state index is 12.4. The molecule has 114 valence electrons. The lowest BCUT2D eigenvalue weighted by atomic mass is 9.83. The molecule has 20 heavy (non-hydrogen) atoms. The summed E-state index contributed by atoms with van der Waals surface area (Å²) < 4.78 is 0. The summed E-state index contributed by atoms with van der Waals surface area (Å²) in [4.78, 5) is 24.1. The molecule has 3 nitrogen and oxygen atoms in total. The summed E-state index contributed by atoms with van der Waals surface area (Å²) >= 11 is 0. The summed E-state index contributed by atoms with van der Waals surface area (Å²) in [6.45, 7) is 7.59. The first-order valence-electron chi connectivity index (χ1n) is 8.11. The van der Waals surface area contributed by atoms with Gasteiger partial charge in [-0.05, 0) is 30.6 Å². The molecule has 2 fully saturated rings. The molecule has 1 N–H and O–H groups in total. The SMILES string of the molecule is CC(=O)[C@@H](NC(=O)C1CC1C1CCCCC1)C(C)(C)C. The molecular formula is C17H29NO2. The maximum absolute atomic E-state index is 12.4. The van der Waals surface area contributed by atoms with Gasteiger partial charge in [0.1, 0.15) is 0 Å². The van der Waals surface area contributed by atoms with E-state index in [-0.39, 0.29) is 29.1 Å². The number of ketones is 1. The zero-order valence-corrected chi connectivity index (χ0v) is 13.4. The van der Waals surface area contributed by atoms with Crippen molar-refractivity contribution in [3.8, 4) is 0 Å². The molecule has 2 unspecified atom stereocenters. The Morgan fingerprint density at radius 1 is 1.10 bits per heavy atom. The van der Waals surface area contributed by atoms with Crippen molar-refractivity contribution < 1.29 is 9.59 Å². The van der Waals surface area contributed by atoms with Crippen LogP contribution in [0.3, 0.4) is 0 Å². The lowest BCUT2D eigenvalue weighted by Gasteiger charge is -2.29. The van der Waals surface area contributed by atoms with Crippen LogP contribution >= 0.6 is 0 Å². The van der Waals surface area contributed by atoms with Crippen molar-refractivity contribution in [3.05, 3.63) is 0 Å². The second-order valence-corrected chi connectivity index (χ2v) is 7.82. The lowest BCUT2D eigenvalue weighted by Crippen LogP contribution is -2.49. The Balaban J connectivity index is 1.88. The van der Waals surface area contributed by atoms with E-state index in [1.54, 1.807) is 6.92 Å². The Kier molecular flexibility index (Phi) is 4.55. The Morgan fingerprint density at radius 3 is 2.20 bits per heavy atom. The predicted molar refractivity (Wildman–Crippen MR) is 80.2 cm³/mol. The molecule has 0 aliphatic heterocycles. The Bertz CT molecular complexity index is 377. The van der Waals surface area contributed by atoms with Gasteiger partial charge in [0.15, 0.2) is 5.78 Å². The fourth-order valence-electron chi connectivity index (χ4n) is 3.78. The molecule has 0 spiro atoms. The van der Waals surface area contributed by atoms with E-state index in [1.165, 1.54) is 32.1 Å². The van der Waals surface area contributed by atoms with Crippen molar-refractivity contribution in [2.75, 3.05) is 0 Å². The highest BCUT2D eigenvalue weighted by Crippen LogP contribution is 2.49. The van der Waals surface area contributed by atoms with Crippen LogP contribution in [0.4, 0.5) is 0 Å². The zero-order chi connectivity index (χ0) is 14.9. The second kappa shape index (κ2) is 5.87. The van der Waals surface area contributed by atoms with Crippen molar-refractivity contribution in [1.82, 2.24) is 5.32 Å². The standard InChI is InChI=1S/C17H29NO2/c1-11(19)15(17(2,3)4)18-16(20)14-10-13(14)12-8-6-5-7-9-12/h12-15H,5-10H2,1-4H3,(H,18,20)/t13?,14?,15-/m1/s1. The van der Waals surface area contributed by atoms with Gasteiger partial charge in [0, 0.05) is 5.92 Å². The maximum Gasteiger partial charge on any atom is 0.224 e. The van der Waals surface area contributed by atoms with Crippen LogP contribution in [0.2, 0.25) is 0 Å². The van der Waals surface area contributed by atoms with Crippen LogP contribution in [-0.4, -0.2) is 17.7 Å². The van der Waals surface area contributed by atoms with E-state index in [1.807, 2.05) is 20.8 Å². The Labute approximate surface area is 122 Å². The monoisotopic (exact) mass is 279 g/mol. The molecule has 2 rings (SSSR count). The van der Waals surface area contributed by atoms with Crippen molar-refractivity contribution in [1.29, 1.82) is 0 Å². The van der Waals surface area contributed by atoms with E-state index in [9.17, 15) is 9.59 Å². The van der Waals surface area contributed by atoms with E-state index in [2.05, 4.69) is 5.32 Å². The van der Waals surface area contributed by atoms with E-state index in [0.717, 1.165) is 12.3 Å². The van der Waals surface area contributed by atoms with Crippen LogP contribution in [0, 0.1) is 23.2 Å². The van der Waals surface area contributed by atoms with Crippen LogP contribution < -0.4 is 5.32 Å². The highest BCUT2D eigenvalue weighted by atomic mass is 16.2. The molecule has 2 aliphatic rings. The highest BCUT2D eigenvalue weighted by molar-refractivity contribution is 5.90. The highest BCUT2D eigenvalue weighted by Gasteiger charge is 2.48. The summed E-state index contributed by atoms with van der Waals surface area (Å²) in [7, 11) is 0. The average Bonchev–Trinajstić information content (AvgIpc) is 3.15. The van der Waals surface area contributed by atoms with Crippen molar-refractivity contribution in [3.63, 3.8) is 0 Å². The molecular weight excluding hydrogens is 250 g/mol. The lowest BCUT2D eigenvalue weighted by molar-refractivity contribution is -0.130. The first-order valence-corrected chi connectivity index (χ1v) is 8.11. The van der Waals surface area contributed by atoms with E-state index >= 15 is 0 Å². The molecule has 0 heterocycles. The summed E-state index contributed by atoms with van der Waals surface area (Å²) in [5.74, 6) is 1.67. The zero-order valence-electron chi connectivity index (χ0n) is 13.4. The number of rotatable bonds is 4. The normalized spacial score (nSPS) is 28.8. The minimum atomic E-state index is -0.359. The molecule has 0 saturated heterocycles. The molecule has 3 heteroatoms. The van der Waals surface area contributed by atoms with Gasteiger partial charge in [0.05, 0.1) is 6.04 Å². The fourth-order valence-corrected chi connectivity index (χ4v) is 3.78. The predicted octanol–water partition coefficient (Wildman–Crippen LogP) is 3.32. The third-order valence-corrected chi connectivity index (χ3v) is 4.99. The molecule has 2 aliphatic carbocycles. The van der Waals surface area contributed by atoms with Gasteiger partial charge in [0.2, 0.25) is 5.91 Å². The average molecular weight is 279 g/mol. The van der Waals surface area contributed by atoms with Gasteiger partial charge in [-0.3, -0.25) is 9.59 Å². The van der Waals surface area contributed by atoms with Crippen LogP contribution in [0.1, 0.15) is 66.2 Å². The Morgan fingerprint density at radius 2 is 1.70 bits per heavy atom. The molecule has 0 aromatic heterocycles. The minimum absolute atomic E-state index is 0.0562. The number of carbonyl (C=O) groups excluding carboxylic acids is 2. The van der Waals surface area contributed by atoms with E-state index in [4.69, 9.17) is 0 Å². The number of hydrogen-bond donors (Lipinski definition) is 1. The van der Waals surface area contributed by atoms with E-state index < -0.39 is 0 Å². The largest absolute Gasteiger partial charge is 0.346 e. The topological polar surface area (TPSA) is 46.2 Å². The molecule has 0 radical (unpaired) electrons. The van der Waals surface area contributed by atoms with Crippen molar-refractivity contribution >= 4 is 11.7 Å². The summed E-state index contributed by atoms with van der Waals surface area (Å²) in [5.41, 5.74) is -0.212. The van der Waals surface area contributed by atoms with Gasteiger partial charge in [-0.1, -0.05) is 52.9 Å². The smallest absolute Gasteiger partial charge is 0.224 e. The molecule has 3 atom stereocenters. The molecule has 0 aromatic carbocycles. The van der Waals surface area contributed by atoms with Gasteiger partial charge in [-0.25, -0.2) is 0 Å². The number of Topliss-reactive ketones (excluding diaryl/α,β-unsaturated/α-hetero) is 1. The number of hydrogen-bond acceptors (Lipinski definition) is 2. The summed E-state index contributed by atoms with van der Waals surface area (Å²) in [6.07, 6.45) is 7.64. The molecule has 0 aromatic rings. The molecule has 1 amide bonds. The third kappa shape index (κ3) is 3.62. The first-order chi connectivity index (χ1) is 9.30. The summed E-state index contributed by atoms with van der Waals surface area (Å²) in [5, 5.41) is 3.00. The van der Waals surface area contributed by atoms with Gasteiger partial charge >= 0.3 is 0 Å².